The molecule has 2 N–H and O–H groups in total. The summed E-state index contributed by atoms with van der Waals surface area (Å²) in [6, 6.07) is 0. The fourth-order valence-corrected chi connectivity index (χ4v) is 8.40. The van der Waals surface area contributed by atoms with Crippen molar-refractivity contribution in [1.82, 2.24) is 0 Å². The van der Waals surface area contributed by atoms with E-state index in [1.54, 1.807) is 5.57 Å². The minimum absolute atomic E-state index is 0.0923. The molecule has 0 aliphatic heterocycles. The number of hydrogen-bond acceptors (Lipinski definition) is 2. The largest absolute Gasteiger partial charge is 0.396 e. The van der Waals surface area contributed by atoms with Gasteiger partial charge in [0.15, 0.2) is 0 Å². The van der Waals surface area contributed by atoms with Gasteiger partial charge in [0.2, 0.25) is 0 Å². The molecule has 3 fully saturated rings. The van der Waals surface area contributed by atoms with E-state index in [1.807, 2.05) is 0 Å². The van der Waals surface area contributed by atoms with Gasteiger partial charge in [0.25, 0.3) is 0 Å². The normalized spacial score (nSPS) is 47.6. The first-order valence-corrected chi connectivity index (χ1v) is 11.9. The number of aliphatic hydroxyl groups excluding tert-OH is 2. The van der Waals surface area contributed by atoms with Crippen LogP contribution < -0.4 is 0 Å². The molecule has 3 saturated carbocycles. The highest BCUT2D eigenvalue weighted by atomic mass is 16.3. The quantitative estimate of drug-likeness (QED) is 0.477. The van der Waals surface area contributed by atoms with Crippen molar-refractivity contribution >= 4 is 0 Å². The van der Waals surface area contributed by atoms with E-state index in [0.717, 1.165) is 48.9 Å². The predicted octanol–water partition coefficient (Wildman–Crippen LogP) is 5.73. The van der Waals surface area contributed by atoms with E-state index in [0.29, 0.717) is 17.4 Å². The molecule has 2 nitrogen and oxygen atoms in total. The average Bonchev–Trinajstić information content (AvgIpc) is 3.00. The van der Waals surface area contributed by atoms with Crippen LogP contribution in [0.3, 0.4) is 0 Å². The molecule has 0 heterocycles. The van der Waals surface area contributed by atoms with E-state index in [2.05, 4.69) is 26.8 Å². The zero-order valence-electron chi connectivity index (χ0n) is 17.9. The molecule has 0 aromatic carbocycles. The van der Waals surface area contributed by atoms with Crippen LogP contribution in [0.1, 0.15) is 91.4 Å². The third-order valence-electron chi connectivity index (χ3n) is 9.91. The molecule has 4 aliphatic carbocycles. The van der Waals surface area contributed by atoms with Gasteiger partial charge in [0.1, 0.15) is 0 Å². The van der Waals surface area contributed by atoms with Crippen LogP contribution in [0.15, 0.2) is 11.6 Å². The molecule has 154 valence electrons. The third-order valence-corrected chi connectivity index (χ3v) is 9.91. The number of rotatable bonds is 5. The van der Waals surface area contributed by atoms with E-state index in [4.69, 9.17) is 5.11 Å². The van der Waals surface area contributed by atoms with Crippen LogP contribution in [0, 0.1) is 40.4 Å². The highest BCUT2D eigenvalue weighted by molar-refractivity contribution is 5.25. The van der Waals surface area contributed by atoms with Gasteiger partial charge in [-0.3, -0.25) is 0 Å². The van der Waals surface area contributed by atoms with Gasteiger partial charge in [0, 0.05) is 6.61 Å². The maximum absolute atomic E-state index is 10.2. The first-order chi connectivity index (χ1) is 12.9. The van der Waals surface area contributed by atoms with Gasteiger partial charge in [-0.2, -0.15) is 0 Å². The second-order valence-corrected chi connectivity index (χ2v) is 11.1. The standard InChI is InChI=1S/C25H42O2/c1-17(6-4-5-15-26)21-9-10-22-20-8-7-18-16-19(27)11-13-24(18,2)23(20)12-14-25(21,22)3/h7,17,19-23,26-27H,4-6,8-16H2,1-3H3/t17?,19-,20?,21?,22?,23?,24?,25?/m0/s1. The molecule has 7 unspecified atom stereocenters. The zero-order valence-corrected chi connectivity index (χ0v) is 17.9. The summed E-state index contributed by atoms with van der Waals surface area (Å²) in [6.45, 7) is 8.02. The second kappa shape index (κ2) is 7.48. The van der Waals surface area contributed by atoms with Gasteiger partial charge < -0.3 is 10.2 Å². The Labute approximate surface area is 166 Å². The van der Waals surface area contributed by atoms with Crippen molar-refractivity contribution in [3.05, 3.63) is 11.6 Å². The smallest absolute Gasteiger partial charge is 0.0577 e. The minimum Gasteiger partial charge on any atom is -0.396 e. The van der Waals surface area contributed by atoms with Gasteiger partial charge in [-0.25, -0.2) is 0 Å². The summed E-state index contributed by atoms with van der Waals surface area (Å²) < 4.78 is 0. The maximum atomic E-state index is 10.2. The Morgan fingerprint density at radius 2 is 1.89 bits per heavy atom. The first-order valence-electron chi connectivity index (χ1n) is 11.9. The molecule has 0 radical (unpaired) electrons. The van der Waals surface area contributed by atoms with Crippen LogP contribution in [0.5, 0.6) is 0 Å². The van der Waals surface area contributed by atoms with Crippen LogP contribution in [0.25, 0.3) is 0 Å². The van der Waals surface area contributed by atoms with Gasteiger partial charge >= 0.3 is 0 Å². The molecule has 0 spiro atoms. The summed E-state index contributed by atoms with van der Waals surface area (Å²) >= 11 is 0. The summed E-state index contributed by atoms with van der Waals surface area (Å²) in [4.78, 5) is 0. The Balaban J connectivity index is 1.52. The number of aliphatic hydroxyl groups is 2. The topological polar surface area (TPSA) is 40.5 Å². The minimum atomic E-state index is -0.0923. The summed E-state index contributed by atoms with van der Waals surface area (Å²) in [5.74, 6) is 4.32. The van der Waals surface area contributed by atoms with Crippen LogP contribution in [0.4, 0.5) is 0 Å². The molecular weight excluding hydrogens is 332 g/mol. The summed E-state index contributed by atoms with van der Waals surface area (Å²) in [7, 11) is 0. The van der Waals surface area contributed by atoms with Crippen molar-refractivity contribution in [3.63, 3.8) is 0 Å². The summed E-state index contributed by atoms with van der Waals surface area (Å²) in [6.07, 6.45) is 16.0. The molecule has 0 bridgehead atoms. The fraction of sp³-hybridized carbons (Fsp3) is 0.920. The summed E-state index contributed by atoms with van der Waals surface area (Å²) in [5.41, 5.74) is 2.50. The van der Waals surface area contributed by atoms with Gasteiger partial charge in [0.05, 0.1) is 6.10 Å². The fourth-order valence-electron chi connectivity index (χ4n) is 8.40. The van der Waals surface area contributed by atoms with E-state index < -0.39 is 0 Å². The Morgan fingerprint density at radius 1 is 1.07 bits per heavy atom. The predicted molar refractivity (Wildman–Crippen MR) is 111 cm³/mol. The van der Waals surface area contributed by atoms with E-state index in [9.17, 15) is 5.11 Å². The van der Waals surface area contributed by atoms with Crippen molar-refractivity contribution in [1.29, 1.82) is 0 Å². The Morgan fingerprint density at radius 3 is 2.67 bits per heavy atom. The monoisotopic (exact) mass is 374 g/mol. The molecule has 27 heavy (non-hydrogen) atoms. The molecular formula is C25H42O2. The third kappa shape index (κ3) is 3.23. The van der Waals surface area contributed by atoms with Crippen molar-refractivity contribution in [2.24, 2.45) is 40.4 Å². The zero-order chi connectivity index (χ0) is 19.2. The summed E-state index contributed by atoms with van der Waals surface area (Å²) in [5, 5.41) is 19.3. The van der Waals surface area contributed by atoms with E-state index in [-0.39, 0.29) is 6.10 Å². The molecule has 0 aromatic heterocycles. The van der Waals surface area contributed by atoms with Crippen molar-refractivity contribution in [3.8, 4) is 0 Å². The van der Waals surface area contributed by atoms with Crippen LogP contribution >= 0.6 is 0 Å². The molecule has 4 aliphatic rings. The van der Waals surface area contributed by atoms with E-state index >= 15 is 0 Å². The Hall–Kier alpha value is -0.340. The van der Waals surface area contributed by atoms with Gasteiger partial charge in [-0.05, 0) is 98.2 Å². The molecule has 2 heteroatoms. The van der Waals surface area contributed by atoms with E-state index in [1.165, 1.54) is 51.4 Å². The average molecular weight is 375 g/mol. The van der Waals surface area contributed by atoms with Crippen LogP contribution in [-0.4, -0.2) is 22.9 Å². The number of unbranched alkanes of at least 4 members (excludes halogenated alkanes) is 1. The number of allylic oxidation sites excluding steroid dienone is 1. The molecule has 0 aromatic rings. The van der Waals surface area contributed by atoms with Crippen LogP contribution in [-0.2, 0) is 0 Å². The molecule has 0 amide bonds. The Kier molecular flexibility index (Phi) is 5.53. The van der Waals surface area contributed by atoms with Gasteiger partial charge in [-0.15, -0.1) is 0 Å². The molecule has 4 rings (SSSR count). The lowest BCUT2D eigenvalue weighted by Gasteiger charge is -2.58. The lowest BCUT2D eigenvalue weighted by Crippen LogP contribution is -2.50. The van der Waals surface area contributed by atoms with Crippen molar-refractivity contribution < 1.29 is 10.2 Å². The Bertz CT molecular complexity index is 569. The SMILES string of the molecule is CC(CCCCO)C1CCC2C3CC=C4C[C@@H](O)CCC4(C)C3CCC12C. The highest BCUT2D eigenvalue weighted by Crippen LogP contribution is 2.67. The van der Waals surface area contributed by atoms with Crippen molar-refractivity contribution in [2.75, 3.05) is 6.61 Å². The highest BCUT2D eigenvalue weighted by Gasteiger charge is 2.58. The first kappa shape index (κ1) is 20.0. The number of hydrogen-bond donors (Lipinski definition) is 2. The lowest BCUT2D eigenvalue weighted by molar-refractivity contribution is -0.0573. The lowest BCUT2D eigenvalue weighted by atomic mass is 9.47. The van der Waals surface area contributed by atoms with Gasteiger partial charge in [-0.1, -0.05) is 45.3 Å². The molecule has 0 saturated heterocycles. The van der Waals surface area contributed by atoms with Crippen molar-refractivity contribution in [2.45, 2.75) is 97.5 Å². The maximum Gasteiger partial charge on any atom is 0.0577 e. The van der Waals surface area contributed by atoms with Crippen LogP contribution in [0.2, 0.25) is 0 Å². The number of fused-ring (bicyclic) bond motifs is 5. The second-order valence-electron chi connectivity index (χ2n) is 11.1. The molecule has 8 atom stereocenters.